The van der Waals surface area contributed by atoms with Crippen LogP contribution in [-0.2, 0) is 10.8 Å². The number of halogens is 4. The van der Waals surface area contributed by atoms with Gasteiger partial charge in [0.25, 0.3) is 0 Å². The van der Waals surface area contributed by atoms with Crippen LogP contribution in [0.4, 0.5) is 0 Å². The van der Waals surface area contributed by atoms with Gasteiger partial charge in [-0.1, -0.05) is 88.0 Å². The van der Waals surface area contributed by atoms with Crippen LogP contribution in [0.5, 0.6) is 0 Å². The lowest BCUT2D eigenvalue weighted by molar-refractivity contribution is -0.00100. The van der Waals surface area contributed by atoms with Gasteiger partial charge in [0.05, 0.1) is 0 Å². The van der Waals surface area contributed by atoms with E-state index in [9.17, 15) is 0 Å². The van der Waals surface area contributed by atoms with Gasteiger partial charge in [-0.15, -0.1) is 0 Å². The van der Waals surface area contributed by atoms with E-state index < -0.39 is 0 Å². The molecule has 0 unspecified atom stereocenters. The second-order valence-electron chi connectivity index (χ2n) is 11.9. The quantitative estimate of drug-likeness (QED) is 0.233. The van der Waals surface area contributed by atoms with Crippen LogP contribution in [0.1, 0.15) is 60.8 Å². The van der Waals surface area contributed by atoms with Crippen molar-refractivity contribution >= 4 is 63.7 Å². The van der Waals surface area contributed by atoms with Crippen LogP contribution in [0.3, 0.4) is 0 Å². The zero-order valence-corrected chi connectivity index (χ0v) is 25.1. The number of rotatable bonds is 2. The molecule has 0 atom stereocenters. The predicted molar refractivity (Wildman–Crippen MR) is 154 cm³/mol. The lowest BCUT2D eigenvalue weighted by atomic mass is 9.41. The molecular formula is C30H24Br4. The van der Waals surface area contributed by atoms with Crippen LogP contribution < -0.4 is 0 Å². The second kappa shape index (κ2) is 6.71. The van der Waals surface area contributed by atoms with E-state index >= 15 is 0 Å². The SMILES string of the molecule is BrCC12CCC3(CBr)CC4(C3)c3cc(Br)ccc3-c3ccc5c(c34)C(C1)(C2)c1cc(Br)ccc1-5. The Morgan fingerprint density at radius 1 is 0.559 bits per heavy atom. The largest absolute Gasteiger partial charge is 0.0922 e. The first-order valence-electron chi connectivity index (χ1n) is 12.3. The van der Waals surface area contributed by atoms with Crippen LogP contribution in [0.2, 0.25) is 0 Å². The maximum absolute atomic E-state index is 3.99. The van der Waals surface area contributed by atoms with Crippen molar-refractivity contribution in [2.45, 2.75) is 49.4 Å². The first kappa shape index (κ1) is 21.6. The van der Waals surface area contributed by atoms with Crippen molar-refractivity contribution in [3.8, 4) is 22.3 Å². The van der Waals surface area contributed by atoms with Gasteiger partial charge in [0.2, 0.25) is 0 Å². The van der Waals surface area contributed by atoms with Crippen molar-refractivity contribution in [2.24, 2.45) is 10.8 Å². The number of benzene rings is 3. The monoisotopic (exact) mass is 700 g/mol. The average Bonchev–Trinajstić information content (AvgIpc) is 3.23. The first-order chi connectivity index (χ1) is 16.4. The highest BCUT2D eigenvalue weighted by Gasteiger charge is 2.67. The Bertz CT molecular complexity index is 1310. The fourth-order valence-electron chi connectivity index (χ4n) is 9.01. The summed E-state index contributed by atoms with van der Waals surface area (Å²) in [6.07, 6.45) is 7.75. The lowest BCUT2D eigenvalue weighted by Crippen LogP contribution is -2.57. The Morgan fingerprint density at radius 2 is 0.941 bits per heavy atom. The van der Waals surface area contributed by atoms with Gasteiger partial charge in [0, 0.05) is 30.4 Å². The highest BCUT2D eigenvalue weighted by molar-refractivity contribution is 9.11. The van der Waals surface area contributed by atoms with Gasteiger partial charge in [-0.2, -0.15) is 0 Å². The van der Waals surface area contributed by atoms with Crippen molar-refractivity contribution in [1.29, 1.82) is 0 Å². The summed E-state index contributed by atoms with van der Waals surface area (Å²) in [5, 5.41) is 2.23. The maximum Gasteiger partial charge on any atom is 0.0230 e. The third-order valence-corrected chi connectivity index (χ3v) is 13.6. The van der Waals surface area contributed by atoms with E-state index in [0.29, 0.717) is 10.8 Å². The van der Waals surface area contributed by atoms with Gasteiger partial charge < -0.3 is 0 Å². The molecule has 0 aliphatic heterocycles. The molecule has 0 amide bonds. The van der Waals surface area contributed by atoms with Crippen LogP contribution >= 0.6 is 63.7 Å². The van der Waals surface area contributed by atoms with Crippen LogP contribution in [0, 0.1) is 10.8 Å². The lowest BCUT2D eigenvalue weighted by Gasteiger charge is -2.63. The van der Waals surface area contributed by atoms with Crippen molar-refractivity contribution in [1.82, 2.24) is 0 Å². The topological polar surface area (TPSA) is 0 Å². The summed E-state index contributed by atoms with van der Waals surface area (Å²) < 4.78 is 2.42. The Morgan fingerprint density at radius 3 is 1.32 bits per heavy atom. The van der Waals surface area contributed by atoms with E-state index in [-0.39, 0.29) is 10.8 Å². The molecule has 0 nitrogen and oxygen atoms in total. The second-order valence-corrected chi connectivity index (χ2v) is 14.9. The fourth-order valence-corrected chi connectivity index (χ4v) is 11.1. The van der Waals surface area contributed by atoms with Gasteiger partial charge in [0.1, 0.15) is 0 Å². The highest BCUT2D eigenvalue weighted by Crippen LogP contribution is 2.76. The van der Waals surface area contributed by atoms with Gasteiger partial charge in [-0.3, -0.25) is 0 Å². The van der Waals surface area contributed by atoms with E-state index in [1.54, 1.807) is 22.3 Å². The van der Waals surface area contributed by atoms with Gasteiger partial charge in [-0.05, 0) is 118 Å². The van der Waals surface area contributed by atoms with Crippen molar-refractivity contribution in [3.63, 3.8) is 0 Å². The third-order valence-electron chi connectivity index (χ3n) is 10.2. The summed E-state index contributed by atoms with van der Waals surface area (Å²) in [6.45, 7) is 0. The number of hydrogen-bond acceptors (Lipinski definition) is 0. The molecule has 3 aromatic carbocycles. The molecule has 8 aliphatic carbocycles. The Balaban J connectivity index is 1.49. The molecule has 3 aromatic rings. The van der Waals surface area contributed by atoms with Gasteiger partial charge in [0.15, 0.2) is 0 Å². The molecule has 2 saturated carbocycles. The summed E-state index contributed by atoms with van der Waals surface area (Å²) >= 11 is 15.6. The predicted octanol–water partition coefficient (Wildman–Crippen LogP) is 9.89. The molecule has 11 rings (SSSR count). The van der Waals surface area contributed by atoms with E-state index in [4.69, 9.17) is 0 Å². The van der Waals surface area contributed by atoms with E-state index in [1.165, 1.54) is 69.7 Å². The fraction of sp³-hybridized carbons (Fsp3) is 0.400. The average molecular weight is 704 g/mol. The molecule has 34 heavy (non-hydrogen) atoms. The molecule has 4 heteroatoms. The molecule has 2 fully saturated rings. The van der Waals surface area contributed by atoms with Crippen LogP contribution in [0.15, 0.2) is 57.5 Å². The number of alkyl halides is 2. The molecule has 0 aromatic heterocycles. The van der Waals surface area contributed by atoms with Crippen LogP contribution in [0.25, 0.3) is 22.3 Å². The standard InChI is InChI=1S/C30H24Br4/c31-15-27-7-8-28(16-32)13-30(14-28)24-10-18(34)2-4-20(24)22-6-5-21-19-3-1-17(33)9-23(19)29(11-27,12-27)25(21)26(22)30/h1-6,9-10H,7-8,11-16H2. The van der Waals surface area contributed by atoms with Gasteiger partial charge >= 0.3 is 0 Å². The summed E-state index contributed by atoms with van der Waals surface area (Å²) in [4.78, 5) is 0. The minimum Gasteiger partial charge on any atom is -0.0922 e. The van der Waals surface area contributed by atoms with Crippen molar-refractivity contribution < 1.29 is 0 Å². The maximum atomic E-state index is 3.99. The molecule has 0 heterocycles. The highest BCUT2D eigenvalue weighted by atomic mass is 79.9. The molecule has 172 valence electrons. The number of hydrogen-bond donors (Lipinski definition) is 0. The third kappa shape index (κ3) is 2.37. The molecule has 4 bridgehead atoms. The smallest absolute Gasteiger partial charge is 0.0230 e. The van der Waals surface area contributed by atoms with E-state index in [0.717, 1.165) is 10.7 Å². The van der Waals surface area contributed by atoms with Crippen molar-refractivity contribution in [3.05, 3.63) is 79.7 Å². The van der Waals surface area contributed by atoms with E-state index in [1.807, 2.05) is 0 Å². The van der Waals surface area contributed by atoms with E-state index in [2.05, 4.69) is 112 Å². The molecule has 8 aliphatic rings. The number of fused-ring (bicyclic) bond motifs is 4. The first-order valence-corrected chi connectivity index (χ1v) is 16.1. The normalized spacial score (nSPS) is 35.1. The Kier molecular flexibility index (Phi) is 4.27. The summed E-state index contributed by atoms with van der Waals surface area (Å²) in [5.41, 5.74) is 13.6. The molecule has 0 N–H and O–H groups in total. The van der Waals surface area contributed by atoms with Crippen LogP contribution in [-0.4, -0.2) is 10.7 Å². The summed E-state index contributed by atoms with van der Waals surface area (Å²) in [7, 11) is 0. The minimum absolute atomic E-state index is 0.157. The molecular weight excluding hydrogens is 680 g/mol. The minimum atomic E-state index is 0.157. The molecule has 2 spiro atoms. The van der Waals surface area contributed by atoms with Gasteiger partial charge in [-0.25, -0.2) is 0 Å². The summed E-state index contributed by atoms with van der Waals surface area (Å²) in [6, 6.07) is 19.0. The zero-order valence-electron chi connectivity index (χ0n) is 18.8. The Labute approximate surface area is 234 Å². The molecule has 0 saturated heterocycles. The van der Waals surface area contributed by atoms with Crippen molar-refractivity contribution in [2.75, 3.05) is 10.7 Å². The summed E-state index contributed by atoms with van der Waals surface area (Å²) in [5.74, 6) is 0. The zero-order chi connectivity index (χ0) is 23.1. The molecule has 0 radical (unpaired) electrons. The Hall–Kier alpha value is -0.420.